The maximum Gasteiger partial charge on any atom is 0.110 e. The molecule has 1 rings (SSSR count). The molecule has 3 atom stereocenters. The Hall–Kier alpha value is -0.120. The fourth-order valence-corrected chi connectivity index (χ4v) is 0.903. The van der Waals surface area contributed by atoms with Gasteiger partial charge in [-0.3, -0.25) is 0 Å². The second-order valence-corrected chi connectivity index (χ2v) is 2.39. The van der Waals surface area contributed by atoms with Gasteiger partial charge in [0.15, 0.2) is 0 Å². The van der Waals surface area contributed by atoms with Gasteiger partial charge in [0.1, 0.15) is 6.10 Å². The van der Waals surface area contributed by atoms with Crippen LogP contribution in [0, 0.1) is 0 Å². The molecule has 0 aromatic carbocycles. The summed E-state index contributed by atoms with van der Waals surface area (Å²) in [5.74, 6) is 0. The quantitative estimate of drug-likeness (QED) is 0.510. The third kappa shape index (κ3) is 1.64. The number of ether oxygens (including phenoxy) is 1. The summed E-state index contributed by atoms with van der Waals surface area (Å²) in [6.07, 6.45) is 0.128. The summed E-state index contributed by atoms with van der Waals surface area (Å²) in [6, 6.07) is 0. The Morgan fingerprint density at radius 1 is 1.67 bits per heavy atom. The van der Waals surface area contributed by atoms with E-state index in [0.717, 1.165) is 0 Å². The Balaban J connectivity index is 2.11. The Bertz CT molecular complexity index is 94.3. The van der Waals surface area contributed by atoms with E-state index in [1.165, 1.54) is 0 Å². The predicted octanol–water partition coefficient (Wildman–Crippen LogP) is -0.483. The summed E-state index contributed by atoms with van der Waals surface area (Å²) in [5, 5.41) is 17.5. The standard InChI is InChI=1S/C6H12O3/c1-4-6(9-4)5(8)2-3-7/h4-8H,2-3H2,1H3/t4-,5-,6-/m1/s1. The maximum atomic E-state index is 9.07. The van der Waals surface area contributed by atoms with Crippen LogP contribution in [0.15, 0.2) is 0 Å². The maximum absolute atomic E-state index is 9.07. The van der Waals surface area contributed by atoms with Crippen LogP contribution in [-0.2, 0) is 4.74 Å². The largest absolute Gasteiger partial charge is 0.396 e. The minimum atomic E-state index is -0.468. The summed E-state index contributed by atoms with van der Waals surface area (Å²) < 4.78 is 4.97. The average Bonchev–Trinajstić information content (AvgIpc) is 2.47. The van der Waals surface area contributed by atoms with E-state index in [0.29, 0.717) is 6.42 Å². The van der Waals surface area contributed by atoms with Crippen LogP contribution in [0.4, 0.5) is 0 Å². The number of aliphatic hydroxyl groups is 2. The number of hydrogen-bond acceptors (Lipinski definition) is 3. The van der Waals surface area contributed by atoms with Crippen molar-refractivity contribution in [3.05, 3.63) is 0 Å². The molecule has 0 aromatic rings. The van der Waals surface area contributed by atoms with Gasteiger partial charge in [-0.25, -0.2) is 0 Å². The van der Waals surface area contributed by atoms with Crippen molar-refractivity contribution in [2.75, 3.05) is 6.61 Å². The summed E-state index contributed by atoms with van der Waals surface area (Å²) in [7, 11) is 0. The summed E-state index contributed by atoms with van der Waals surface area (Å²) in [6.45, 7) is 1.94. The van der Waals surface area contributed by atoms with E-state index in [4.69, 9.17) is 14.9 Å². The third-order valence-corrected chi connectivity index (χ3v) is 1.56. The smallest absolute Gasteiger partial charge is 0.110 e. The molecule has 1 fully saturated rings. The molecule has 0 spiro atoms. The minimum absolute atomic E-state index is 0.0165. The molecule has 0 aliphatic carbocycles. The van der Waals surface area contributed by atoms with E-state index in [1.54, 1.807) is 0 Å². The molecular weight excluding hydrogens is 120 g/mol. The zero-order valence-corrected chi connectivity index (χ0v) is 5.45. The third-order valence-electron chi connectivity index (χ3n) is 1.56. The monoisotopic (exact) mass is 132 g/mol. The van der Waals surface area contributed by atoms with Crippen LogP contribution in [0.25, 0.3) is 0 Å². The van der Waals surface area contributed by atoms with Gasteiger partial charge in [0, 0.05) is 6.61 Å². The van der Waals surface area contributed by atoms with E-state index in [-0.39, 0.29) is 18.8 Å². The van der Waals surface area contributed by atoms with E-state index in [2.05, 4.69) is 0 Å². The molecule has 0 radical (unpaired) electrons. The van der Waals surface area contributed by atoms with Crippen LogP contribution < -0.4 is 0 Å². The first-order valence-corrected chi connectivity index (χ1v) is 3.20. The Labute approximate surface area is 54.3 Å². The van der Waals surface area contributed by atoms with E-state index in [9.17, 15) is 0 Å². The average molecular weight is 132 g/mol. The number of aliphatic hydroxyl groups excluding tert-OH is 2. The summed E-state index contributed by atoms with van der Waals surface area (Å²) in [5.41, 5.74) is 0. The molecule has 0 bridgehead atoms. The molecule has 1 heterocycles. The van der Waals surface area contributed by atoms with Gasteiger partial charge < -0.3 is 14.9 Å². The van der Waals surface area contributed by atoms with Crippen molar-refractivity contribution in [2.24, 2.45) is 0 Å². The highest BCUT2D eigenvalue weighted by atomic mass is 16.6. The van der Waals surface area contributed by atoms with Gasteiger partial charge in [-0.1, -0.05) is 0 Å². The van der Waals surface area contributed by atoms with Gasteiger partial charge in [0.2, 0.25) is 0 Å². The first-order valence-electron chi connectivity index (χ1n) is 3.20. The second-order valence-electron chi connectivity index (χ2n) is 2.39. The van der Waals surface area contributed by atoms with Gasteiger partial charge in [0.25, 0.3) is 0 Å². The number of rotatable bonds is 3. The Kier molecular flexibility index (Phi) is 2.05. The fourth-order valence-electron chi connectivity index (χ4n) is 0.903. The van der Waals surface area contributed by atoms with E-state index in [1.807, 2.05) is 6.92 Å². The second kappa shape index (κ2) is 2.64. The fraction of sp³-hybridized carbons (Fsp3) is 1.00. The van der Waals surface area contributed by atoms with Crippen LogP contribution in [0.5, 0.6) is 0 Å². The molecule has 1 aliphatic heterocycles. The summed E-state index contributed by atoms with van der Waals surface area (Å²) in [4.78, 5) is 0. The van der Waals surface area contributed by atoms with Crippen LogP contribution in [0.2, 0.25) is 0 Å². The zero-order valence-electron chi connectivity index (χ0n) is 5.45. The highest BCUT2D eigenvalue weighted by molar-refractivity contribution is 4.86. The molecule has 1 saturated heterocycles. The van der Waals surface area contributed by atoms with Crippen LogP contribution in [-0.4, -0.2) is 35.1 Å². The van der Waals surface area contributed by atoms with E-state index >= 15 is 0 Å². The van der Waals surface area contributed by atoms with Crippen molar-refractivity contribution in [2.45, 2.75) is 31.7 Å². The Morgan fingerprint density at radius 3 is 2.56 bits per heavy atom. The lowest BCUT2D eigenvalue weighted by Gasteiger charge is -2.02. The summed E-state index contributed by atoms with van der Waals surface area (Å²) >= 11 is 0. The number of epoxide rings is 1. The van der Waals surface area contributed by atoms with Crippen molar-refractivity contribution in [3.8, 4) is 0 Å². The van der Waals surface area contributed by atoms with Crippen molar-refractivity contribution in [1.29, 1.82) is 0 Å². The molecule has 1 aliphatic rings. The predicted molar refractivity (Wildman–Crippen MR) is 32.0 cm³/mol. The molecule has 3 heteroatoms. The van der Waals surface area contributed by atoms with Gasteiger partial charge in [-0.05, 0) is 13.3 Å². The van der Waals surface area contributed by atoms with Crippen LogP contribution in [0.3, 0.4) is 0 Å². The van der Waals surface area contributed by atoms with E-state index < -0.39 is 6.10 Å². The molecule has 0 aromatic heterocycles. The van der Waals surface area contributed by atoms with Crippen molar-refractivity contribution < 1.29 is 14.9 Å². The molecule has 3 nitrogen and oxygen atoms in total. The molecular formula is C6H12O3. The SMILES string of the molecule is C[C@H]1O[C@H]1[C@H](O)CCO. The highest BCUT2D eigenvalue weighted by Crippen LogP contribution is 2.25. The van der Waals surface area contributed by atoms with Gasteiger partial charge in [-0.15, -0.1) is 0 Å². The van der Waals surface area contributed by atoms with Gasteiger partial charge in [0.05, 0.1) is 12.2 Å². The number of hydrogen-bond donors (Lipinski definition) is 2. The zero-order chi connectivity index (χ0) is 6.85. The Morgan fingerprint density at radius 2 is 2.22 bits per heavy atom. The lowest BCUT2D eigenvalue weighted by Crippen LogP contribution is -2.17. The molecule has 0 amide bonds. The lowest BCUT2D eigenvalue weighted by atomic mass is 10.1. The molecule has 0 unspecified atom stereocenters. The van der Waals surface area contributed by atoms with Crippen molar-refractivity contribution in [1.82, 2.24) is 0 Å². The minimum Gasteiger partial charge on any atom is -0.396 e. The topological polar surface area (TPSA) is 53.0 Å². The normalized spacial score (nSPS) is 36.3. The first-order chi connectivity index (χ1) is 4.25. The van der Waals surface area contributed by atoms with Crippen LogP contribution >= 0.6 is 0 Å². The first kappa shape index (κ1) is 6.99. The van der Waals surface area contributed by atoms with Gasteiger partial charge in [-0.2, -0.15) is 0 Å². The molecule has 2 N–H and O–H groups in total. The highest BCUT2D eigenvalue weighted by Gasteiger charge is 2.39. The van der Waals surface area contributed by atoms with Gasteiger partial charge >= 0.3 is 0 Å². The molecule has 54 valence electrons. The molecule has 0 saturated carbocycles. The van der Waals surface area contributed by atoms with Crippen LogP contribution in [0.1, 0.15) is 13.3 Å². The van der Waals surface area contributed by atoms with Crippen molar-refractivity contribution >= 4 is 0 Å². The van der Waals surface area contributed by atoms with Crippen molar-refractivity contribution in [3.63, 3.8) is 0 Å². The molecule has 9 heavy (non-hydrogen) atoms. The lowest BCUT2D eigenvalue weighted by molar-refractivity contribution is 0.103.